The summed E-state index contributed by atoms with van der Waals surface area (Å²) in [7, 11) is 0. The number of esters is 1. The summed E-state index contributed by atoms with van der Waals surface area (Å²) >= 11 is 0. The van der Waals surface area contributed by atoms with Gasteiger partial charge in [-0.1, -0.05) is 62.9 Å². The van der Waals surface area contributed by atoms with E-state index < -0.39 is 0 Å². The van der Waals surface area contributed by atoms with Crippen molar-refractivity contribution in [3.63, 3.8) is 0 Å². The molecule has 0 aliphatic heterocycles. The highest BCUT2D eigenvalue weighted by Gasteiger charge is 2.25. The van der Waals surface area contributed by atoms with Crippen molar-refractivity contribution < 1.29 is 9.53 Å². The van der Waals surface area contributed by atoms with Crippen molar-refractivity contribution >= 4 is 5.97 Å². The van der Waals surface area contributed by atoms with E-state index in [1.165, 1.54) is 0 Å². The average molecular weight is 270 g/mol. The van der Waals surface area contributed by atoms with Crippen molar-refractivity contribution in [2.24, 2.45) is 11.8 Å². The lowest BCUT2D eigenvalue weighted by atomic mass is 9.83. The first-order chi connectivity index (χ1) is 9.56. The predicted octanol–water partition coefficient (Wildman–Crippen LogP) is 3.93. The van der Waals surface area contributed by atoms with Gasteiger partial charge in [0.15, 0.2) is 0 Å². The summed E-state index contributed by atoms with van der Waals surface area (Å²) in [5.41, 5.74) is 1.87. The molecule has 0 heterocycles. The molecule has 1 aliphatic rings. The van der Waals surface area contributed by atoms with E-state index in [2.05, 4.69) is 26.5 Å². The highest BCUT2D eigenvalue weighted by molar-refractivity contribution is 5.73. The smallest absolute Gasteiger partial charge is 0.310 e. The van der Waals surface area contributed by atoms with Gasteiger partial charge in [-0.05, 0) is 29.4 Å². The second-order valence-corrected chi connectivity index (χ2v) is 5.72. The van der Waals surface area contributed by atoms with Gasteiger partial charge in [-0.3, -0.25) is 4.79 Å². The van der Waals surface area contributed by atoms with E-state index in [4.69, 9.17) is 4.74 Å². The number of carbonyl (C=O) groups is 1. The zero-order valence-electron chi connectivity index (χ0n) is 12.2. The van der Waals surface area contributed by atoms with Gasteiger partial charge in [-0.25, -0.2) is 0 Å². The van der Waals surface area contributed by atoms with Crippen LogP contribution in [0.3, 0.4) is 0 Å². The molecule has 0 fully saturated rings. The summed E-state index contributed by atoms with van der Waals surface area (Å²) in [6, 6.07) is 9.68. The van der Waals surface area contributed by atoms with Crippen molar-refractivity contribution in [3.05, 3.63) is 60.2 Å². The maximum absolute atomic E-state index is 12.0. The molecule has 2 atom stereocenters. The first-order valence-corrected chi connectivity index (χ1v) is 7.16. The third kappa shape index (κ3) is 3.83. The van der Waals surface area contributed by atoms with E-state index in [9.17, 15) is 4.79 Å². The molecule has 0 amide bonds. The standard InChI is InChI=1S/C18H22O2/c1-13(2)16-10-9-14(3)17(12-16)20-18(19)11-15-7-5-4-6-8-15/h4-10,13,16-17H,3,11-12H2,1-2H3/t16-,17+/m1/s1. The number of rotatable bonds is 4. The molecule has 0 saturated carbocycles. The van der Waals surface area contributed by atoms with Gasteiger partial charge < -0.3 is 4.74 Å². The molecule has 1 aromatic carbocycles. The zero-order valence-corrected chi connectivity index (χ0v) is 12.2. The third-order valence-electron chi connectivity index (χ3n) is 3.78. The minimum atomic E-state index is -0.180. The van der Waals surface area contributed by atoms with Gasteiger partial charge in [0.25, 0.3) is 0 Å². The van der Waals surface area contributed by atoms with Crippen LogP contribution < -0.4 is 0 Å². The molecular formula is C18H22O2. The van der Waals surface area contributed by atoms with Crippen LogP contribution in [0.1, 0.15) is 25.8 Å². The Morgan fingerprint density at radius 3 is 2.70 bits per heavy atom. The predicted molar refractivity (Wildman–Crippen MR) is 81.3 cm³/mol. The Bertz CT molecular complexity index is 499. The number of allylic oxidation sites excluding steroid dienone is 1. The quantitative estimate of drug-likeness (QED) is 0.775. The SMILES string of the molecule is C=C1C=C[C@@H](C(C)C)C[C@@H]1OC(=O)Cc1ccccc1. The highest BCUT2D eigenvalue weighted by Crippen LogP contribution is 2.29. The van der Waals surface area contributed by atoms with Crippen molar-refractivity contribution in [2.75, 3.05) is 0 Å². The molecular weight excluding hydrogens is 248 g/mol. The van der Waals surface area contributed by atoms with Crippen LogP contribution in [0.2, 0.25) is 0 Å². The van der Waals surface area contributed by atoms with Gasteiger partial charge in [0, 0.05) is 0 Å². The molecule has 20 heavy (non-hydrogen) atoms. The molecule has 2 rings (SSSR count). The van der Waals surface area contributed by atoms with Crippen molar-refractivity contribution in [1.82, 2.24) is 0 Å². The van der Waals surface area contributed by atoms with Crippen molar-refractivity contribution in [3.8, 4) is 0 Å². The molecule has 1 aromatic rings. The topological polar surface area (TPSA) is 26.3 Å². The highest BCUT2D eigenvalue weighted by atomic mass is 16.5. The molecule has 0 N–H and O–H groups in total. The van der Waals surface area contributed by atoms with Crippen molar-refractivity contribution in [2.45, 2.75) is 32.8 Å². The monoisotopic (exact) mass is 270 g/mol. The van der Waals surface area contributed by atoms with Gasteiger partial charge in [-0.2, -0.15) is 0 Å². The number of hydrogen-bond acceptors (Lipinski definition) is 2. The van der Waals surface area contributed by atoms with Crippen LogP contribution in [-0.2, 0) is 16.0 Å². The first-order valence-electron chi connectivity index (χ1n) is 7.16. The Hall–Kier alpha value is -1.83. The molecule has 0 spiro atoms. The Morgan fingerprint density at radius 1 is 1.35 bits per heavy atom. The summed E-state index contributed by atoms with van der Waals surface area (Å²) in [4.78, 5) is 12.0. The van der Waals surface area contributed by atoms with Gasteiger partial charge in [-0.15, -0.1) is 0 Å². The number of carbonyl (C=O) groups excluding carboxylic acids is 1. The van der Waals surface area contributed by atoms with Gasteiger partial charge in [0.05, 0.1) is 6.42 Å². The van der Waals surface area contributed by atoms with Crippen LogP contribution in [0, 0.1) is 11.8 Å². The van der Waals surface area contributed by atoms with E-state index >= 15 is 0 Å². The molecule has 2 nitrogen and oxygen atoms in total. The third-order valence-corrected chi connectivity index (χ3v) is 3.78. The summed E-state index contributed by atoms with van der Waals surface area (Å²) < 4.78 is 5.60. The molecule has 0 unspecified atom stereocenters. The van der Waals surface area contributed by atoms with Crippen LogP contribution in [0.15, 0.2) is 54.6 Å². The average Bonchev–Trinajstić information content (AvgIpc) is 2.42. The Kier molecular flexibility index (Phi) is 4.78. The lowest BCUT2D eigenvalue weighted by Crippen LogP contribution is -2.27. The normalized spacial score (nSPS) is 22.1. The molecule has 106 valence electrons. The fourth-order valence-corrected chi connectivity index (χ4v) is 2.41. The molecule has 0 aromatic heterocycles. The lowest BCUT2D eigenvalue weighted by Gasteiger charge is -2.28. The largest absolute Gasteiger partial charge is 0.457 e. The van der Waals surface area contributed by atoms with E-state index in [1.807, 2.05) is 36.4 Å². The second-order valence-electron chi connectivity index (χ2n) is 5.72. The summed E-state index contributed by atoms with van der Waals surface area (Å²) in [5.74, 6) is 0.824. The van der Waals surface area contributed by atoms with Crippen LogP contribution >= 0.6 is 0 Å². The Morgan fingerprint density at radius 2 is 2.05 bits per heavy atom. The van der Waals surface area contributed by atoms with Crippen LogP contribution in [-0.4, -0.2) is 12.1 Å². The van der Waals surface area contributed by atoms with Gasteiger partial charge in [0.2, 0.25) is 0 Å². The Labute approximate surface area is 121 Å². The molecule has 0 saturated heterocycles. The van der Waals surface area contributed by atoms with E-state index in [-0.39, 0.29) is 12.1 Å². The van der Waals surface area contributed by atoms with E-state index in [0.29, 0.717) is 18.3 Å². The Balaban J connectivity index is 1.94. The zero-order chi connectivity index (χ0) is 14.5. The van der Waals surface area contributed by atoms with E-state index in [0.717, 1.165) is 17.6 Å². The number of hydrogen-bond donors (Lipinski definition) is 0. The van der Waals surface area contributed by atoms with Crippen LogP contribution in [0.5, 0.6) is 0 Å². The fourth-order valence-electron chi connectivity index (χ4n) is 2.41. The molecule has 1 aliphatic carbocycles. The maximum atomic E-state index is 12.0. The summed E-state index contributed by atoms with van der Waals surface area (Å²) in [5, 5.41) is 0. The number of benzene rings is 1. The maximum Gasteiger partial charge on any atom is 0.310 e. The van der Waals surface area contributed by atoms with Crippen LogP contribution in [0.25, 0.3) is 0 Å². The summed E-state index contributed by atoms with van der Waals surface area (Å²) in [6.45, 7) is 8.36. The van der Waals surface area contributed by atoms with Crippen LogP contribution in [0.4, 0.5) is 0 Å². The lowest BCUT2D eigenvalue weighted by molar-refractivity contribution is -0.147. The molecule has 0 bridgehead atoms. The molecule has 2 heteroatoms. The minimum Gasteiger partial charge on any atom is -0.457 e. The minimum absolute atomic E-state index is 0.177. The first kappa shape index (κ1) is 14.6. The van der Waals surface area contributed by atoms with Crippen molar-refractivity contribution in [1.29, 1.82) is 0 Å². The molecule has 0 radical (unpaired) electrons. The second kappa shape index (κ2) is 6.56. The summed E-state index contributed by atoms with van der Waals surface area (Å²) in [6.07, 6.45) is 5.15. The van der Waals surface area contributed by atoms with E-state index in [1.54, 1.807) is 0 Å². The van der Waals surface area contributed by atoms with Gasteiger partial charge >= 0.3 is 5.97 Å². The number of ether oxygens (including phenoxy) is 1. The fraction of sp³-hybridized carbons (Fsp3) is 0.389. The van der Waals surface area contributed by atoms with Gasteiger partial charge in [0.1, 0.15) is 6.10 Å².